The Kier molecular flexibility index (Phi) is 7.76. The number of aliphatic imine (C=N–C) groups is 1. The van der Waals surface area contributed by atoms with Gasteiger partial charge in [-0.15, -0.1) is 24.0 Å². The Balaban J connectivity index is 0.00000243. The smallest absolute Gasteiger partial charge is 0.191 e. The number of nitrogens with one attached hydrogen (secondary N) is 3. The number of guanidine groups is 1. The molecule has 1 aromatic heterocycles. The van der Waals surface area contributed by atoms with Gasteiger partial charge in [0.2, 0.25) is 0 Å². The molecular formula is C20H31IN4O. The molecule has 1 atom stereocenters. The third-order valence-corrected chi connectivity index (χ3v) is 5.11. The number of benzene rings is 1. The summed E-state index contributed by atoms with van der Waals surface area (Å²) in [7, 11) is 1.81. The molecule has 3 N–H and O–H groups in total. The van der Waals surface area contributed by atoms with E-state index in [1.54, 1.807) is 0 Å². The largest absolute Gasteiger partial charge is 0.373 e. The highest BCUT2D eigenvalue weighted by Crippen LogP contribution is 2.24. The third-order valence-electron chi connectivity index (χ3n) is 5.11. The zero-order valence-corrected chi connectivity index (χ0v) is 18.4. The highest BCUT2D eigenvalue weighted by Gasteiger charge is 2.29. The molecule has 1 aromatic carbocycles. The fraction of sp³-hybridized carbons (Fsp3) is 0.550. The Morgan fingerprint density at radius 1 is 1.31 bits per heavy atom. The monoisotopic (exact) mass is 470 g/mol. The van der Waals surface area contributed by atoms with Gasteiger partial charge in [0.15, 0.2) is 5.96 Å². The topological polar surface area (TPSA) is 61.4 Å². The van der Waals surface area contributed by atoms with Gasteiger partial charge in [-0.2, -0.15) is 0 Å². The van der Waals surface area contributed by atoms with Crippen molar-refractivity contribution in [1.82, 2.24) is 15.6 Å². The van der Waals surface area contributed by atoms with Gasteiger partial charge in [0.1, 0.15) is 0 Å². The molecule has 0 saturated carbocycles. The molecule has 144 valence electrons. The molecule has 2 heterocycles. The first-order valence-electron chi connectivity index (χ1n) is 9.31. The number of aryl methyl sites for hydroxylation is 1. The van der Waals surface area contributed by atoms with E-state index in [-0.39, 0.29) is 29.6 Å². The summed E-state index contributed by atoms with van der Waals surface area (Å²) in [6.45, 7) is 6.86. The second kappa shape index (κ2) is 9.60. The van der Waals surface area contributed by atoms with Crippen molar-refractivity contribution < 1.29 is 4.74 Å². The van der Waals surface area contributed by atoms with Crippen molar-refractivity contribution in [2.24, 2.45) is 4.99 Å². The second-order valence-corrected chi connectivity index (χ2v) is 7.01. The van der Waals surface area contributed by atoms with Gasteiger partial charge in [0.05, 0.1) is 5.60 Å². The molecule has 1 unspecified atom stereocenters. The van der Waals surface area contributed by atoms with Gasteiger partial charge in [-0.25, -0.2) is 0 Å². The molecule has 0 spiro atoms. The van der Waals surface area contributed by atoms with Gasteiger partial charge in [-0.3, -0.25) is 4.99 Å². The van der Waals surface area contributed by atoms with Gasteiger partial charge in [0, 0.05) is 43.8 Å². The van der Waals surface area contributed by atoms with Gasteiger partial charge in [0.25, 0.3) is 0 Å². The van der Waals surface area contributed by atoms with Crippen molar-refractivity contribution in [1.29, 1.82) is 0 Å². The highest BCUT2D eigenvalue weighted by atomic mass is 127. The first-order chi connectivity index (χ1) is 12.1. The van der Waals surface area contributed by atoms with E-state index in [0.29, 0.717) is 0 Å². The van der Waals surface area contributed by atoms with Crippen LogP contribution in [0.5, 0.6) is 0 Å². The van der Waals surface area contributed by atoms with Gasteiger partial charge >= 0.3 is 0 Å². The van der Waals surface area contributed by atoms with Gasteiger partial charge in [-0.05, 0) is 43.7 Å². The molecule has 1 aliphatic rings. The Bertz CT molecular complexity index is 734. The average Bonchev–Trinajstić information content (AvgIpc) is 3.24. The van der Waals surface area contributed by atoms with Crippen LogP contribution >= 0.6 is 24.0 Å². The summed E-state index contributed by atoms with van der Waals surface area (Å²) in [4.78, 5) is 7.76. The van der Waals surface area contributed by atoms with Crippen LogP contribution < -0.4 is 10.6 Å². The number of rotatable bonds is 6. The minimum Gasteiger partial charge on any atom is -0.373 e. The Hall–Kier alpha value is -1.28. The van der Waals surface area contributed by atoms with Crippen LogP contribution in [0.25, 0.3) is 10.9 Å². The third kappa shape index (κ3) is 4.91. The number of para-hydroxylation sites is 1. The molecule has 2 aromatic rings. The molecule has 6 heteroatoms. The first-order valence-corrected chi connectivity index (χ1v) is 9.31. The summed E-state index contributed by atoms with van der Waals surface area (Å²) in [5.41, 5.74) is 3.93. The standard InChI is InChI=1S/C20H30N4O.HI/c1-4-15-7-5-8-17-16(13-23-18(15)17)9-11-22-19(21-3)24-14-20(2)10-6-12-25-20;/h5,7-8,13,23H,4,6,9-12,14H2,1-3H3,(H2,21,22,24);1H. The number of nitrogens with zero attached hydrogens (tertiary/aromatic N) is 1. The zero-order valence-electron chi connectivity index (χ0n) is 16.0. The molecule has 0 bridgehead atoms. The predicted octanol–water partition coefficient (Wildman–Crippen LogP) is 3.62. The highest BCUT2D eigenvalue weighted by molar-refractivity contribution is 14.0. The van der Waals surface area contributed by atoms with Crippen LogP contribution in [0, 0.1) is 0 Å². The number of hydrogen-bond donors (Lipinski definition) is 3. The van der Waals surface area contributed by atoms with E-state index in [1.807, 2.05) is 7.05 Å². The molecule has 1 saturated heterocycles. The predicted molar refractivity (Wildman–Crippen MR) is 120 cm³/mol. The van der Waals surface area contributed by atoms with Crippen LogP contribution in [0.1, 0.15) is 37.8 Å². The van der Waals surface area contributed by atoms with Crippen molar-refractivity contribution in [3.63, 3.8) is 0 Å². The van der Waals surface area contributed by atoms with Crippen molar-refractivity contribution in [2.75, 3.05) is 26.7 Å². The molecule has 3 rings (SSSR count). The maximum Gasteiger partial charge on any atom is 0.191 e. The SMILES string of the molecule is CCc1cccc2c(CCNC(=NC)NCC3(C)CCCO3)c[nH]c12.I. The summed E-state index contributed by atoms with van der Waals surface area (Å²) < 4.78 is 5.82. The van der Waals surface area contributed by atoms with E-state index in [2.05, 4.69) is 58.9 Å². The minimum absolute atomic E-state index is 0. The second-order valence-electron chi connectivity index (χ2n) is 7.01. The maximum atomic E-state index is 5.82. The van der Waals surface area contributed by atoms with E-state index < -0.39 is 0 Å². The number of halogens is 1. The summed E-state index contributed by atoms with van der Waals surface area (Å²) in [6.07, 6.45) is 6.39. The number of fused-ring (bicyclic) bond motifs is 1. The van der Waals surface area contributed by atoms with Crippen LogP contribution in [0.4, 0.5) is 0 Å². The number of ether oxygens (including phenoxy) is 1. The molecular weight excluding hydrogens is 439 g/mol. The quantitative estimate of drug-likeness (QED) is 0.344. The number of aromatic amines is 1. The van der Waals surface area contributed by atoms with Crippen LogP contribution in [-0.2, 0) is 17.6 Å². The van der Waals surface area contributed by atoms with Crippen molar-refractivity contribution in [3.8, 4) is 0 Å². The lowest BCUT2D eigenvalue weighted by atomic mass is 10.0. The van der Waals surface area contributed by atoms with Gasteiger partial charge in [-0.1, -0.05) is 25.1 Å². The van der Waals surface area contributed by atoms with Crippen molar-refractivity contribution in [2.45, 2.75) is 45.1 Å². The average molecular weight is 470 g/mol. The molecule has 26 heavy (non-hydrogen) atoms. The lowest BCUT2D eigenvalue weighted by Crippen LogP contribution is -2.45. The van der Waals surface area contributed by atoms with E-state index in [4.69, 9.17) is 4.74 Å². The maximum absolute atomic E-state index is 5.82. The number of aromatic nitrogens is 1. The molecule has 0 aliphatic carbocycles. The molecule has 1 aliphatic heterocycles. The Morgan fingerprint density at radius 3 is 2.85 bits per heavy atom. The molecule has 0 amide bonds. The number of H-pyrrole nitrogens is 1. The lowest BCUT2D eigenvalue weighted by Gasteiger charge is -2.24. The van der Waals surface area contributed by atoms with Crippen molar-refractivity contribution in [3.05, 3.63) is 35.5 Å². The summed E-state index contributed by atoms with van der Waals surface area (Å²) in [6, 6.07) is 6.54. The van der Waals surface area contributed by atoms with E-state index >= 15 is 0 Å². The fourth-order valence-electron chi connectivity index (χ4n) is 3.56. The first kappa shape index (κ1) is 21.0. The minimum atomic E-state index is -0.0645. The molecule has 0 radical (unpaired) electrons. The lowest BCUT2D eigenvalue weighted by molar-refractivity contribution is 0.0243. The summed E-state index contributed by atoms with van der Waals surface area (Å²) >= 11 is 0. The Morgan fingerprint density at radius 2 is 2.15 bits per heavy atom. The van der Waals surface area contributed by atoms with Crippen molar-refractivity contribution >= 4 is 40.8 Å². The van der Waals surface area contributed by atoms with Crippen LogP contribution in [-0.4, -0.2) is 43.3 Å². The van der Waals surface area contributed by atoms with Crippen LogP contribution in [0.2, 0.25) is 0 Å². The zero-order chi connectivity index (χ0) is 17.7. The normalized spacial score (nSPS) is 20.2. The number of hydrogen-bond acceptors (Lipinski definition) is 2. The Labute approximate surface area is 173 Å². The fourth-order valence-corrected chi connectivity index (χ4v) is 3.56. The summed E-state index contributed by atoms with van der Waals surface area (Å²) in [5, 5.41) is 8.13. The van der Waals surface area contributed by atoms with Crippen LogP contribution in [0.3, 0.4) is 0 Å². The van der Waals surface area contributed by atoms with E-state index in [1.165, 1.54) is 22.0 Å². The van der Waals surface area contributed by atoms with Crippen LogP contribution in [0.15, 0.2) is 29.4 Å². The van der Waals surface area contributed by atoms with Gasteiger partial charge < -0.3 is 20.4 Å². The molecule has 5 nitrogen and oxygen atoms in total. The summed E-state index contributed by atoms with van der Waals surface area (Å²) in [5.74, 6) is 0.839. The molecule has 1 fully saturated rings. The van der Waals surface area contributed by atoms with E-state index in [0.717, 1.165) is 51.3 Å². The van der Waals surface area contributed by atoms with E-state index in [9.17, 15) is 0 Å².